The second-order valence-electron chi connectivity index (χ2n) is 6.69. The van der Waals surface area contributed by atoms with Gasteiger partial charge in [-0.3, -0.25) is 14.4 Å². The Bertz CT molecular complexity index is 864. The van der Waals surface area contributed by atoms with E-state index in [1.54, 1.807) is 65.3 Å². The molecule has 1 atom stereocenters. The van der Waals surface area contributed by atoms with E-state index < -0.39 is 6.04 Å². The summed E-state index contributed by atoms with van der Waals surface area (Å²) in [6.45, 7) is 3.41. The molecule has 1 saturated heterocycles. The van der Waals surface area contributed by atoms with Gasteiger partial charge < -0.3 is 15.1 Å². The molecule has 0 radical (unpaired) electrons. The average molecular weight is 400 g/mol. The topological polar surface area (TPSA) is 69.7 Å². The number of rotatable bonds is 4. The van der Waals surface area contributed by atoms with Gasteiger partial charge in [0.1, 0.15) is 6.04 Å². The van der Waals surface area contributed by atoms with Crippen molar-refractivity contribution in [3.63, 3.8) is 0 Å². The van der Waals surface area contributed by atoms with E-state index in [-0.39, 0.29) is 17.7 Å². The maximum Gasteiger partial charge on any atom is 0.254 e. The van der Waals surface area contributed by atoms with E-state index in [2.05, 4.69) is 5.32 Å². The third kappa shape index (κ3) is 4.70. The van der Waals surface area contributed by atoms with E-state index in [1.165, 1.54) is 0 Å². The second kappa shape index (κ2) is 8.89. The molecule has 3 rings (SSSR count). The van der Waals surface area contributed by atoms with E-state index in [4.69, 9.17) is 11.6 Å². The molecule has 3 amide bonds. The van der Waals surface area contributed by atoms with Gasteiger partial charge in [-0.2, -0.15) is 0 Å². The van der Waals surface area contributed by atoms with E-state index >= 15 is 0 Å². The fourth-order valence-electron chi connectivity index (χ4n) is 3.14. The van der Waals surface area contributed by atoms with Gasteiger partial charge >= 0.3 is 0 Å². The van der Waals surface area contributed by atoms with Crippen LogP contribution in [-0.2, 0) is 4.79 Å². The summed E-state index contributed by atoms with van der Waals surface area (Å²) < 4.78 is 0. The zero-order valence-corrected chi connectivity index (χ0v) is 16.4. The monoisotopic (exact) mass is 399 g/mol. The minimum Gasteiger partial charge on any atom is -0.341 e. The predicted molar refractivity (Wildman–Crippen MR) is 107 cm³/mol. The van der Waals surface area contributed by atoms with Gasteiger partial charge in [0.25, 0.3) is 11.8 Å². The summed E-state index contributed by atoms with van der Waals surface area (Å²) in [6, 6.07) is 15.0. The van der Waals surface area contributed by atoms with Crippen LogP contribution >= 0.6 is 11.6 Å². The van der Waals surface area contributed by atoms with Crippen LogP contribution in [0.2, 0.25) is 5.02 Å². The number of halogens is 1. The Labute approximate surface area is 169 Å². The zero-order chi connectivity index (χ0) is 20.1. The van der Waals surface area contributed by atoms with E-state index in [9.17, 15) is 14.4 Å². The van der Waals surface area contributed by atoms with Crippen LogP contribution in [0.5, 0.6) is 0 Å². The van der Waals surface area contributed by atoms with Gasteiger partial charge in [-0.15, -0.1) is 0 Å². The molecule has 6 nitrogen and oxygen atoms in total. The number of carbonyl (C=O) groups excluding carboxylic acids is 3. The molecule has 2 aromatic rings. The highest BCUT2D eigenvalue weighted by atomic mass is 35.5. The molecule has 0 aromatic heterocycles. The largest absolute Gasteiger partial charge is 0.341 e. The highest BCUT2D eigenvalue weighted by Gasteiger charge is 2.28. The number of amides is 3. The van der Waals surface area contributed by atoms with Gasteiger partial charge in [-0.05, 0) is 37.3 Å². The molecule has 146 valence electrons. The SMILES string of the molecule is CC(NC(=O)c1ccccc1)C(=O)N1CCN(C(=O)c2cccc(Cl)c2)CC1. The van der Waals surface area contributed by atoms with Crippen LogP contribution in [0.1, 0.15) is 27.6 Å². The lowest BCUT2D eigenvalue weighted by atomic mass is 10.1. The van der Waals surface area contributed by atoms with Crippen molar-refractivity contribution < 1.29 is 14.4 Å². The second-order valence-corrected chi connectivity index (χ2v) is 7.13. The van der Waals surface area contributed by atoms with Crippen molar-refractivity contribution in [3.8, 4) is 0 Å². The molecular formula is C21H22ClN3O3. The Morgan fingerprint density at radius 3 is 2.14 bits per heavy atom. The third-order valence-electron chi connectivity index (χ3n) is 4.70. The van der Waals surface area contributed by atoms with Crippen LogP contribution in [0.15, 0.2) is 54.6 Å². The molecule has 0 saturated carbocycles. The summed E-state index contributed by atoms with van der Waals surface area (Å²) in [5.74, 6) is -0.532. The normalized spacial score (nSPS) is 15.1. The first-order valence-electron chi connectivity index (χ1n) is 9.15. The van der Waals surface area contributed by atoms with Crippen LogP contribution in [0.3, 0.4) is 0 Å². The van der Waals surface area contributed by atoms with Crippen molar-refractivity contribution in [1.29, 1.82) is 0 Å². The maximum atomic E-state index is 12.6. The molecule has 1 unspecified atom stereocenters. The molecule has 7 heteroatoms. The summed E-state index contributed by atoms with van der Waals surface area (Å²) in [5, 5.41) is 3.25. The molecule has 1 N–H and O–H groups in total. The fourth-order valence-corrected chi connectivity index (χ4v) is 3.33. The first kappa shape index (κ1) is 19.9. The molecule has 1 heterocycles. The minimum atomic E-state index is -0.636. The number of carbonyl (C=O) groups is 3. The van der Waals surface area contributed by atoms with Gasteiger partial charge in [0, 0.05) is 42.3 Å². The van der Waals surface area contributed by atoms with Gasteiger partial charge in [0.05, 0.1) is 0 Å². The third-order valence-corrected chi connectivity index (χ3v) is 4.94. The van der Waals surface area contributed by atoms with Crippen molar-refractivity contribution in [2.24, 2.45) is 0 Å². The summed E-state index contributed by atoms with van der Waals surface area (Å²) in [7, 11) is 0. The number of piperazine rings is 1. The molecule has 0 spiro atoms. The zero-order valence-electron chi connectivity index (χ0n) is 15.6. The molecule has 1 aliphatic heterocycles. The first-order valence-corrected chi connectivity index (χ1v) is 9.53. The average Bonchev–Trinajstić information content (AvgIpc) is 2.73. The van der Waals surface area contributed by atoms with Crippen LogP contribution in [-0.4, -0.2) is 59.7 Å². The van der Waals surface area contributed by atoms with Gasteiger partial charge in [0.15, 0.2) is 0 Å². The predicted octanol–water partition coefficient (Wildman–Crippen LogP) is 2.44. The number of hydrogen-bond acceptors (Lipinski definition) is 3. The van der Waals surface area contributed by atoms with Crippen LogP contribution in [0.4, 0.5) is 0 Å². The lowest BCUT2D eigenvalue weighted by molar-refractivity contribution is -0.134. The van der Waals surface area contributed by atoms with Crippen LogP contribution < -0.4 is 5.32 Å². The Balaban J connectivity index is 1.53. The number of nitrogens with one attached hydrogen (secondary N) is 1. The Morgan fingerprint density at radius 1 is 0.893 bits per heavy atom. The van der Waals surface area contributed by atoms with Crippen molar-refractivity contribution in [1.82, 2.24) is 15.1 Å². The summed E-state index contributed by atoms with van der Waals surface area (Å²) >= 11 is 5.96. The van der Waals surface area contributed by atoms with Crippen LogP contribution in [0.25, 0.3) is 0 Å². The van der Waals surface area contributed by atoms with Crippen molar-refractivity contribution >= 4 is 29.3 Å². The number of benzene rings is 2. The van der Waals surface area contributed by atoms with Crippen molar-refractivity contribution in [3.05, 3.63) is 70.7 Å². The van der Waals surface area contributed by atoms with Gasteiger partial charge in [-0.1, -0.05) is 35.9 Å². The van der Waals surface area contributed by atoms with E-state index in [0.717, 1.165) is 0 Å². The smallest absolute Gasteiger partial charge is 0.254 e. The highest BCUT2D eigenvalue weighted by Crippen LogP contribution is 2.14. The lowest BCUT2D eigenvalue weighted by Gasteiger charge is -2.36. The maximum absolute atomic E-state index is 12.6. The molecule has 0 bridgehead atoms. The fraction of sp³-hybridized carbons (Fsp3) is 0.286. The van der Waals surface area contributed by atoms with E-state index in [0.29, 0.717) is 42.3 Å². The van der Waals surface area contributed by atoms with Crippen molar-refractivity contribution in [2.45, 2.75) is 13.0 Å². The Kier molecular flexibility index (Phi) is 6.31. The van der Waals surface area contributed by atoms with E-state index in [1.807, 2.05) is 6.07 Å². The number of hydrogen-bond donors (Lipinski definition) is 1. The molecule has 1 fully saturated rings. The standard InChI is InChI=1S/C21H22ClN3O3/c1-15(23-19(26)16-6-3-2-4-7-16)20(27)24-10-12-25(13-11-24)21(28)17-8-5-9-18(22)14-17/h2-9,14-15H,10-13H2,1H3,(H,23,26). The van der Waals surface area contributed by atoms with Gasteiger partial charge in [-0.25, -0.2) is 0 Å². The molecule has 28 heavy (non-hydrogen) atoms. The minimum absolute atomic E-state index is 0.0972. The quantitative estimate of drug-likeness (QED) is 0.858. The Morgan fingerprint density at radius 2 is 1.50 bits per heavy atom. The molecule has 2 aromatic carbocycles. The summed E-state index contributed by atoms with van der Waals surface area (Å²) in [5.41, 5.74) is 1.05. The lowest BCUT2D eigenvalue weighted by Crippen LogP contribution is -2.55. The molecular weight excluding hydrogens is 378 g/mol. The van der Waals surface area contributed by atoms with Gasteiger partial charge in [0.2, 0.25) is 5.91 Å². The Hall–Kier alpha value is -2.86. The number of nitrogens with zero attached hydrogens (tertiary/aromatic N) is 2. The molecule has 1 aliphatic rings. The first-order chi connectivity index (χ1) is 13.5. The van der Waals surface area contributed by atoms with Crippen LogP contribution in [0, 0.1) is 0 Å². The highest BCUT2D eigenvalue weighted by molar-refractivity contribution is 6.30. The summed E-state index contributed by atoms with van der Waals surface area (Å²) in [4.78, 5) is 40.8. The molecule has 0 aliphatic carbocycles. The summed E-state index contributed by atoms with van der Waals surface area (Å²) in [6.07, 6.45) is 0. The van der Waals surface area contributed by atoms with Crippen molar-refractivity contribution in [2.75, 3.05) is 26.2 Å².